The number of hydrogen-bond acceptors (Lipinski definition) is 5. The van der Waals surface area contributed by atoms with Gasteiger partial charge in [-0.25, -0.2) is 8.42 Å². The number of nitrogens with one attached hydrogen (secondary N) is 1. The molecule has 1 aromatic heterocycles. The largest absolute Gasteiger partial charge is 0.465 e. The minimum Gasteiger partial charge on any atom is -0.465 e. The molecule has 2 heterocycles. The molecule has 0 spiro atoms. The van der Waals surface area contributed by atoms with Crippen LogP contribution in [0.25, 0.3) is 0 Å². The zero-order valence-corrected chi connectivity index (χ0v) is 19.7. The van der Waals surface area contributed by atoms with E-state index in [1.54, 1.807) is 22.5 Å². The van der Waals surface area contributed by atoms with Crippen molar-refractivity contribution in [2.24, 2.45) is 0 Å². The Bertz CT molecular complexity index is 1010. The van der Waals surface area contributed by atoms with Crippen molar-refractivity contribution in [1.29, 1.82) is 0 Å². The zero-order chi connectivity index (χ0) is 22.6. The molecule has 1 aliphatic rings. The molecule has 1 aromatic carbocycles. The fraction of sp³-hybridized carbons (Fsp3) is 0.522. The molecule has 1 fully saturated rings. The predicted octanol–water partition coefficient (Wildman–Crippen LogP) is 3.92. The van der Waals surface area contributed by atoms with Crippen LogP contribution in [-0.4, -0.2) is 49.2 Å². The van der Waals surface area contributed by atoms with Crippen LogP contribution in [0.2, 0.25) is 0 Å². The highest BCUT2D eigenvalue weighted by Crippen LogP contribution is 2.25. The van der Waals surface area contributed by atoms with Gasteiger partial charge in [0.15, 0.2) is 0 Å². The third kappa shape index (κ3) is 5.96. The van der Waals surface area contributed by atoms with Crippen LogP contribution in [0.4, 0.5) is 5.69 Å². The number of benzene rings is 1. The number of carbonyl (C=O) groups excluding carboxylic acids is 1. The fourth-order valence-corrected chi connectivity index (χ4v) is 5.26. The van der Waals surface area contributed by atoms with Crippen molar-refractivity contribution in [3.05, 3.63) is 47.4 Å². The van der Waals surface area contributed by atoms with Crippen LogP contribution in [0.1, 0.15) is 50.2 Å². The van der Waals surface area contributed by atoms with Gasteiger partial charge in [-0.2, -0.15) is 4.31 Å². The first-order chi connectivity index (χ1) is 14.7. The summed E-state index contributed by atoms with van der Waals surface area (Å²) in [6.07, 6.45) is 2.83. The number of aryl methyl sites for hydroxylation is 2. The van der Waals surface area contributed by atoms with Gasteiger partial charge in [0.25, 0.3) is 0 Å². The summed E-state index contributed by atoms with van der Waals surface area (Å²) >= 11 is 0. The summed E-state index contributed by atoms with van der Waals surface area (Å²) in [6, 6.07) is 8.91. The van der Waals surface area contributed by atoms with Gasteiger partial charge in [0.05, 0.1) is 18.0 Å². The minimum absolute atomic E-state index is 0.142. The van der Waals surface area contributed by atoms with Gasteiger partial charge in [-0.3, -0.25) is 9.69 Å². The lowest BCUT2D eigenvalue weighted by Crippen LogP contribution is -2.37. The van der Waals surface area contributed by atoms with E-state index in [4.69, 9.17) is 4.42 Å². The molecule has 1 N–H and O–H groups in total. The summed E-state index contributed by atoms with van der Waals surface area (Å²) in [5.41, 5.74) is 1.35. The van der Waals surface area contributed by atoms with E-state index in [1.165, 1.54) is 0 Å². The number of rotatable bonds is 8. The molecular formula is C23H33N3O4S. The van der Waals surface area contributed by atoms with Crippen molar-refractivity contribution in [2.75, 3.05) is 25.0 Å². The Morgan fingerprint density at radius 2 is 1.84 bits per heavy atom. The summed E-state index contributed by atoms with van der Waals surface area (Å²) in [5.74, 6) is 1.46. The van der Waals surface area contributed by atoms with Gasteiger partial charge in [-0.15, -0.1) is 0 Å². The highest BCUT2D eigenvalue weighted by atomic mass is 32.2. The maximum atomic E-state index is 13.0. The van der Waals surface area contributed by atoms with Gasteiger partial charge in [0, 0.05) is 24.8 Å². The second-order valence-electron chi connectivity index (χ2n) is 8.50. The van der Waals surface area contributed by atoms with Crippen LogP contribution < -0.4 is 5.32 Å². The highest BCUT2D eigenvalue weighted by Gasteiger charge is 2.26. The van der Waals surface area contributed by atoms with Crippen molar-refractivity contribution in [1.82, 2.24) is 9.21 Å². The number of hydrogen-bond donors (Lipinski definition) is 1. The predicted molar refractivity (Wildman–Crippen MR) is 121 cm³/mol. The van der Waals surface area contributed by atoms with Gasteiger partial charge in [-0.05, 0) is 70.4 Å². The van der Waals surface area contributed by atoms with E-state index in [0.717, 1.165) is 36.3 Å². The summed E-state index contributed by atoms with van der Waals surface area (Å²) in [5, 5.41) is 2.91. The maximum Gasteiger partial charge on any atom is 0.243 e. The van der Waals surface area contributed by atoms with E-state index in [9.17, 15) is 13.2 Å². The normalized spacial score (nSPS) is 15.5. The molecule has 0 saturated carbocycles. The summed E-state index contributed by atoms with van der Waals surface area (Å²) in [7, 11) is -3.55. The Morgan fingerprint density at radius 1 is 1.13 bits per heavy atom. The Balaban J connectivity index is 1.72. The zero-order valence-electron chi connectivity index (χ0n) is 18.8. The smallest absolute Gasteiger partial charge is 0.243 e. The van der Waals surface area contributed by atoms with Gasteiger partial charge >= 0.3 is 0 Å². The summed E-state index contributed by atoms with van der Waals surface area (Å²) in [6.45, 7) is 9.62. The molecule has 1 amide bonds. The van der Waals surface area contributed by atoms with Crippen molar-refractivity contribution >= 4 is 21.6 Å². The first-order valence-electron chi connectivity index (χ1n) is 10.9. The van der Waals surface area contributed by atoms with E-state index in [0.29, 0.717) is 25.3 Å². The minimum atomic E-state index is -3.55. The average Bonchev–Trinajstić information content (AvgIpc) is 3.14. The Morgan fingerprint density at radius 3 is 2.45 bits per heavy atom. The second-order valence-corrected chi connectivity index (χ2v) is 10.4. The third-order valence-electron chi connectivity index (χ3n) is 5.67. The number of sulfonamides is 1. The van der Waals surface area contributed by atoms with Gasteiger partial charge in [-0.1, -0.05) is 12.5 Å². The van der Waals surface area contributed by atoms with Crippen molar-refractivity contribution < 1.29 is 17.6 Å². The lowest BCUT2D eigenvalue weighted by molar-refractivity contribution is -0.117. The Hall–Kier alpha value is -2.16. The average molecular weight is 448 g/mol. The maximum absolute atomic E-state index is 13.0. The quantitative estimate of drug-likeness (QED) is 0.663. The molecule has 1 saturated heterocycles. The molecular weight excluding hydrogens is 414 g/mol. The van der Waals surface area contributed by atoms with Crippen molar-refractivity contribution in [3.63, 3.8) is 0 Å². The molecule has 0 atom stereocenters. The second kappa shape index (κ2) is 9.97. The molecule has 0 bridgehead atoms. The molecule has 3 rings (SSSR count). The molecule has 170 valence electrons. The number of amides is 1. The lowest BCUT2D eigenvalue weighted by Gasteiger charge is -2.26. The molecule has 8 heteroatoms. The number of anilines is 1. The van der Waals surface area contributed by atoms with Gasteiger partial charge in [0.1, 0.15) is 11.5 Å². The molecule has 0 unspecified atom stereocenters. The molecule has 0 radical (unpaired) electrons. The number of piperidine rings is 1. The van der Waals surface area contributed by atoms with Crippen molar-refractivity contribution in [3.8, 4) is 0 Å². The van der Waals surface area contributed by atoms with E-state index in [2.05, 4.69) is 5.32 Å². The third-order valence-corrected chi connectivity index (χ3v) is 7.56. The Kier molecular flexibility index (Phi) is 7.56. The van der Waals surface area contributed by atoms with Crippen LogP contribution >= 0.6 is 0 Å². The fourth-order valence-electron chi connectivity index (χ4n) is 3.72. The van der Waals surface area contributed by atoms with E-state index >= 15 is 0 Å². The first kappa shape index (κ1) is 23.5. The molecule has 31 heavy (non-hydrogen) atoms. The van der Waals surface area contributed by atoms with E-state index in [1.807, 2.05) is 44.7 Å². The molecule has 1 aliphatic heterocycles. The van der Waals surface area contributed by atoms with Crippen LogP contribution in [0.3, 0.4) is 0 Å². The number of furan rings is 1. The summed E-state index contributed by atoms with van der Waals surface area (Å²) in [4.78, 5) is 15.0. The SMILES string of the molecule is Cc1ccc(CN(CC(=O)Nc2cc(S(=O)(=O)N3CCCCC3)ccc2C)C(C)C)o1. The highest BCUT2D eigenvalue weighted by molar-refractivity contribution is 7.89. The van der Waals surface area contributed by atoms with Crippen molar-refractivity contribution in [2.45, 2.75) is 64.4 Å². The molecule has 2 aromatic rings. The molecule has 7 nitrogen and oxygen atoms in total. The lowest BCUT2D eigenvalue weighted by atomic mass is 10.2. The van der Waals surface area contributed by atoms with Crippen LogP contribution in [-0.2, 0) is 21.4 Å². The Labute approximate surface area is 185 Å². The number of carbonyl (C=O) groups is 1. The van der Waals surface area contributed by atoms with Crippen LogP contribution in [0, 0.1) is 13.8 Å². The van der Waals surface area contributed by atoms with Crippen LogP contribution in [0.15, 0.2) is 39.6 Å². The standard InChI is InChI=1S/C23H33N3O4S/c1-17(2)25(15-20-10-9-19(4)30-20)16-23(27)24-22-14-21(11-8-18(22)3)31(28,29)26-12-6-5-7-13-26/h8-11,14,17H,5-7,12-13,15-16H2,1-4H3,(H,24,27). The topological polar surface area (TPSA) is 82.9 Å². The summed E-state index contributed by atoms with van der Waals surface area (Å²) < 4.78 is 33.2. The van der Waals surface area contributed by atoms with Crippen LogP contribution in [0.5, 0.6) is 0 Å². The van der Waals surface area contributed by atoms with Gasteiger partial charge < -0.3 is 9.73 Å². The van der Waals surface area contributed by atoms with E-state index < -0.39 is 10.0 Å². The number of nitrogens with zero attached hydrogens (tertiary/aromatic N) is 2. The monoisotopic (exact) mass is 447 g/mol. The van der Waals surface area contributed by atoms with Gasteiger partial charge in [0.2, 0.25) is 15.9 Å². The van der Waals surface area contributed by atoms with E-state index in [-0.39, 0.29) is 23.4 Å². The molecule has 0 aliphatic carbocycles. The first-order valence-corrected chi connectivity index (χ1v) is 12.3.